The quantitative estimate of drug-likeness (QED) is 0.857. The van der Waals surface area contributed by atoms with Crippen LogP contribution in [0, 0.1) is 11.8 Å². The van der Waals surface area contributed by atoms with Crippen molar-refractivity contribution in [1.82, 2.24) is 14.5 Å². The van der Waals surface area contributed by atoms with Gasteiger partial charge in [-0.05, 0) is 25.3 Å². The highest BCUT2D eigenvalue weighted by Gasteiger charge is 2.33. The Morgan fingerprint density at radius 2 is 2.39 bits per heavy atom. The molecule has 1 aromatic rings. The van der Waals surface area contributed by atoms with Gasteiger partial charge in [0.15, 0.2) is 0 Å². The van der Waals surface area contributed by atoms with Crippen molar-refractivity contribution in [2.75, 3.05) is 13.6 Å². The summed E-state index contributed by atoms with van der Waals surface area (Å²) >= 11 is 0. The van der Waals surface area contributed by atoms with E-state index in [2.05, 4.69) is 4.98 Å². The van der Waals surface area contributed by atoms with E-state index in [1.54, 1.807) is 11.1 Å². The van der Waals surface area contributed by atoms with E-state index >= 15 is 0 Å². The van der Waals surface area contributed by atoms with E-state index in [1.807, 2.05) is 24.9 Å². The van der Waals surface area contributed by atoms with Crippen LogP contribution in [0.25, 0.3) is 0 Å². The van der Waals surface area contributed by atoms with Gasteiger partial charge in [0.2, 0.25) is 5.91 Å². The largest absolute Gasteiger partial charge is 0.338 e. The summed E-state index contributed by atoms with van der Waals surface area (Å²) in [6.07, 6.45) is 6.83. The maximum absolute atomic E-state index is 12.4. The Labute approximate surface area is 108 Å². The first-order chi connectivity index (χ1) is 8.63. The first-order valence-electron chi connectivity index (χ1n) is 6.54. The molecule has 100 valence electrons. The van der Waals surface area contributed by atoms with Crippen molar-refractivity contribution in [3.63, 3.8) is 0 Å². The zero-order valence-corrected chi connectivity index (χ0v) is 11.2. The van der Waals surface area contributed by atoms with Crippen LogP contribution in [0.2, 0.25) is 0 Å². The third-order valence-electron chi connectivity index (χ3n) is 3.95. The number of rotatable bonds is 4. The highest BCUT2D eigenvalue weighted by molar-refractivity contribution is 5.79. The summed E-state index contributed by atoms with van der Waals surface area (Å²) in [5.74, 6) is 1.60. The molecular formula is C13H22N4O. The van der Waals surface area contributed by atoms with E-state index in [4.69, 9.17) is 5.73 Å². The molecule has 0 aromatic carbocycles. The lowest BCUT2D eigenvalue weighted by Gasteiger charge is -2.24. The monoisotopic (exact) mass is 250 g/mol. The molecule has 0 radical (unpaired) electrons. The van der Waals surface area contributed by atoms with Crippen molar-refractivity contribution in [1.29, 1.82) is 0 Å². The van der Waals surface area contributed by atoms with Gasteiger partial charge < -0.3 is 15.2 Å². The summed E-state index contributed by atoms with van der Waals surface area (Å²) in [5, 5.41) is 0. The van der Waals surface area contributed by atoms with Crippen LogP contribution in [0.4, 0.5) is 0 Å². The second-order valence-electron chi connectivity index (χ2n) is 5.18. The van der Waals surface area contributed by atoms with Crippen LogP contribution in [0.15, 0.2) is 12.4 Å². The fourth-order valence-corrected chi connectivity index (χ4v) is 2.77. The van der Waals surface area contributed by atoms with E-state index in [-0.39, 0.29) is 11.8 Å². The first kappa shape index (κ1) is 13.1. The van der Waals surface area contributed by atoms with Crippen molar-refractivity contribution in [3.05, 3.63) is 18.2 Å². The van der Waals surface area contributed by atoms with Gasteiger partial charge in [-0.1, -0.05) is 6.42 Å². The smallest absolute Gasteiger partial charge is 0.226 e. The normalized spacial score (nSPS) is 23.3. The number of nitrogens with two attached hydrogens (primary N) is 1. The molecule has 2 unspecified atom stereocenters. The average molecular weight is 250 g/mol. The van der Waals surface area contributed by atoms with Crippen molar-refractivity contribution < 1.29 is 4.79 Å². The van der Waals surface area contributed by atoms with Crippen molar-refractivity contribution in [2.45, 2.75) is 25.8 Å². The molecule has 1 saturated carbocycles. The van der Waals surface area contributed by atoms with Crippen LogP contribution in [0.3, 0.4) is 0 Å². The maximum Gasteiger partial charge on any atom is 0.226 e. The van der Waals surface area contributed by atoms with E-state index in [0.717, 1.165) is 25.1 Å². The molecule has 5 nitrogen and oxygen atoms in total. The Balaban J connectivity index is 1.98. The number of aromatic nitrogens is 2. The Kier molecular flexibility index (Phi) is 4.01. The fourth-order valence-electron chi connectivity index (χ4n) is 2.77. The van der Waals surface area contributed by atoms with Crippen molar-refractivity contribution in [3.8, 4) is 0 Å². The lowest BCUT2D eigenvalue weighted by Crippen LogP contribution is -2.36. The van der Waals surface area contributed by atoms with Gasteiger partial charge >= 0.3 is 0 Å². The van der Waals surface area contributed by atoms with Crippen LogP contribution in [-0.4, -0.2) is 34.0 Å². The SMILES string of the molecule is CN(Cc1nccn1C)C(=O)C1CCCC1CN. The highest BCUT2D eigenvalue weighted by atomic mass is 16.2. The number of nitrogens with zero attached hydrogens (tertiary/aromatic N) is 3. The predicted octanol–water partition coefficient (Wildman–Crippen LogP) is 0.754. The van der Waals surface area contributed by atoms with Crippen molar-refractivity contribution >= 4 is 5.91 Å². The molecule has 18 heavy (non-hydrogen) atoms. The third kappa shape index (κ3) is 2.56. The van der Waals surface area contributed by atoms with Gasteiger partial charge in [0.1, 0.15) is 5.82 Å². The molecule has 0 bridgehead atoms. The Morgan fingerprint density at radius 3 is 3.00 bits per heavy atom. The molecule has 2 rings (SSSR count). The molecule has 2 atom stereocenters. The van der Waals surface area contributed by atoms with Gasteiger partial charge in [-0.25, -0.2) is 4.98 Å². The van der Waals surface area contributed by atoms with Crippen LogP contribution in [-0.2, 0) is 18.4 Å². The number of amides is 1. The molecule has 1 heterocycles. The van der Waals surface area contributed by atoms with E-state index in [9.17, 15) is 4.79 Å². The molecule has 0 aliphatic heterocycles. The summed E-state index contributed by atoms with van der Waals surface area (Å²) < 4.78 is 1.94. The van der Waals surface area contributed by atoms with Gasteiger partial charge in [-0.2, -0.15) is 0 Å². The van der Waals surface area contributed by atoms with Gasteiger partial charge in [-0.3, -0.25) is 4.79 Å². The van der Waals surface area contributed by atoms with Crippen LogP contribution in [0.1, 0.15) is 25.1 Å². The topological polar surface area (TPSA) is 64.2 Å². The number of imidazole rings is 1. The van der Waals surface area contributed by atoms with Crippen LogP contribution >= 0.6 is 0 Å². The van der Waals surface area contributed by atoms with E-state index in [1.165, 1.54) is 0 Å². The highest BCUT2D eigenvalue weighted by Crippen LogP contribution is 2.32. The molecule has 1 aromatic heterocycles. The molecule has 1 fully saturated rings. The van der Waals surface area contributed by atoms with Gasteiger partial charge in [0, 0.05) is 32.4 Å². The summed E-state index contributed by atoms with van der Waals surface area (Å²) in [6.45, 7) is 1.18. The second-order valence-corrected chi connectivity index (χ2v) is 5.18. The maximum atomic E-state index is 12.4. The van der Waals surface area contributed by atoms with E-state index < -0.39 is 0 Å². The number of carbonyl (C=O) groups excluding carboxylic acids is 1. The number of hydrogen-bond acceptors (Lipinski definition) is 3. The molecule has 1 amide bonds. The summed E-state index contributed by atoms with van der Waals surface area (Å²) in [4.78, 5) is 18.4. The third-order valence-corrected chi connectivity index (χ3v) is 3.95. The fraction of sp³-hybridized carbons (Fsp3) is 0.692. The van der Waals surface area contributed by atoms with Crippen LogP contribution in [0.5, 0.6) is 0 Å². The number of carbonyl (C=O) groups is 1. The molecule has 1 aliphatic carbocycles. The molecule has 2 N–H and O–H groups in total. The first-order valence-corrected chi connectivity index (χ1v) is 6.54. The predicted molar refractivity (Wildman–Crippen MR) is 69.6 cm³/mol. The Morgan fingerprint density at radius 1 is 1.61 bits per heavy atom. The standard InChI is InChI=1S/C13H22N4O/c1-16-7-6-15-12(16)9-17(2)13(18)11-5-3-4-10(11)8-14/h6-7,10-11H,3-5,8-9,14H2,1-2H3. The molecule has 0 saturated heterocycles. The molecule has 0 spiro atoms. The Hall–Kier alpha value is -1.36. The zero-order chi connectivity index (χ0) is 13.1. The zero-order valence-electron chi connectivity index (χ0n) is 11.2. The van der Waals surface area contributed by atoms with Crippen molar-refractivity contribution in [2.24, 2.45) is 24.6 Å². The molecule has 1 aliphatic rings. The van der Waals surface area contributed by atoms with Gasteiger partial charge in [-0.15, -0.1) is 0 Å². The van der Waals surface area contributed by atoms with Gasteiger partial charge in [0.05, 0.1) is 6.54 Å². The number of hydrogen-bond donors (Lipinski definition) is 1. The van der Waals surface area contributed by atoms with E-state index in [0.29, 0.717) is 19.0 Å². The Bertz CT molecular complexity index is 415. The molecule has 5 heteroatoms. The summed E-state index contributed by atoms with van der Waals surface area (Å²) in [5.41, 5.74) is 5.74. The summed E-state index contributed by atoms with van der Waals surface area (Å²) in [6, 6.07) is 0. The molecular weight excluding hydrogens is 228 g/mol. The second kappa shape index (κ2) is 5.52. The van der Waals surface area contributed by atoms with Crippen LogP contribution < -0.4 is 5.73 Å². The minimum atomic E-state index is 0.111. The van der Waals surface area contributed by atoms with Gasteiger partial charge in [0.25, 0.3) is 0 Å². The lowest BCUT2D eigenvalue weighted by molar-refractivity contribution is -0.135. The summed E-state index contributed by atoms with van der Waals surface area (Å²) in [7, 11) is 3.79. The number of aryl methyl sites for hydroxylation is 1. The minimum absolute atomic E-state index is 0.111. The average Bonchev–Trinajstić information content (AvgIpc) is 2.97. The lowest BCUT2D eigenvalue weighted by atomic mass is 9.95. The minimum Gasteiger partial charge on any atom is -0.338 e.